The first-order valence-corrected chi connectivity index (χ1v) is 9.31. The van der Waals surface area contributed by atoms with E-state index in [0.29, 0.717) is 48.2 Å². The molecule has 0 bridgehead atoms. The molecule has 3 saturated carbocycles. The van der Waals surface area contributed by atoms with Crippen LogP contribution in [0.15, 0.2) is 11.6 Å². The van der Waals surface area contributed by atoms with Crippen LogP contribution in [0.1, 0.15) is 58.8 Å². The summed E-state index contributed by atoms with van der Waals surface area (Å²) in [6, 6.07) is 0. The Labute approximate surface area is 138 Å². The number of fused-ring (bicyclic) bond motifs is 5. The highest BCUT2D eigenvalue weighted by Gasteiger charge is 2.63. The van der Waals surface area contributed by atoms with Crippen LogP contribution in [0.25, 0.3) is 0 Å². The molecule has 4 aliphatic carbocycles. The molecule has 0 saturated heterocycles. The van der Waals surface area contributed by atoms with Crippen LogP contribution in [-0.4, -0.2) is 22.8 Å². The molecule has 3 heteroatoms. The Bertz CT molecular complexity index is 579. The molecule has 4 unspecified atom stereocenters. The van der Waals surface area contributed by atoms with Crippen LogP contribution in [0.3, 0.4) is 0 Å². The number of hydrogen-bond donors (Lipinski definition) is 1. The number of aliphatic hydroxyl groups is 1. The SMILES string of the molecule is C[C@@H]1CC2=CC(=O)CCC2C2CC[C@@]3(C)C(CC[C@@]3(O)C=O)C21. The summed E-state index contributed by atoms with van der Waals surface area (Å²) in [5.41, 5.74) is 0.0129. The van der Waals surface area contributed by atoms with E-state index < -0.39 is 5.60 Å². The minimum absolute atomic E-state index is 0.254. The van der Waals surface area contributed by atoms with E-state index in [9.17, 15) is 14.7 Å². The standard InChI is InChI=1S/C20H28O3/c1-12-9-13-10-14(22)3-4-15(13)16-5-7-19(2)17(18(12)16)6-8-20(19,23)11-21/h10-12,15-18,23H,3-9H2,1-2H3/t12-,15?,16?,17?,18?,19+,20-/m1/s1. The van der Waals surface area contributed by atoms with E-state index >= 15 is 0 Å². The molecule has 0 aromatic heterocycles. The summed E-state index contributed by atoms with van der Waals surface area (Å²) >= 11 is 0. The highest BCUT2D eigenvalue weighted by molar-refractivity contribution is 5.91. The Kier molecular flexibility index (Phi) is 3.39. The van der Waals surface area contributed by atoms with Crippen molar-refractivity contribution in [2.75, 3.05) is 0 Å². The quantitative estimate of drug-likeness (QED) is 0.755. The average molecular weight is 316 g/mol. The molecule has 4 rings (SSSR count). The summed E-state index contributed by atoms with van der Waals surface area (Å²) in [7, 11) is 0. The first-order valence-electron chi connectivity index (χ1n) is 9.31. The van der Waals surface area contributed by atoms with Gasteiger partial charge < -0.3 is 9.90 Å². The van der Waals surface area contributed by atoms with E-state index in [1.54, 1.807) is 0 Å². The van der Waals surface area contributed by atoms with Gasteiger partial charge in [0.05, 0.1) is 0 Å². The Morgan fingerprint density at radius 2 is 2.04 bits per heavy atom. The number of aldehydes is 1. The number of ketones is 1. The minimum atomic E-state index is -1.12. The van der Waals surface area contributed by atoms with Gasteiger partial charge in [-0.3, -0.25) is 4.79 Å². The highest BCUT2D eigenvalue weighted by atomic mass is 16.3. The summed E-state index contributed by atoms with van der Waals surface area (Å²) in [6.45, 7) is 4.47. The largest absolute Gasteiger partial charge is 0.382 e. The van der Waals surface area contributed by atoms with E-state index in [1.807, 2.05) is 6.08 Å². The number of hydrogen-bond acceptors (Lipinski definition) is 3. The van der Waals surface area contributed by atoms with Crippen molar-refractivity contribution in [1.82, 2.24) is 0 Å². The molecule has 126 valence electrons. The van der Waals surface area contributed by atoms with E-state index in [2.05, 4.69) is 13.8 Å². The summed E-state index contributed by atoms with van der Waals surface area (Å²) in [6.07, 6.45) is 9.14. The second-order valence-corrected chi connectivity index (χ2v) is 8.90. The van der Waals surface area contributed by atoms with Crippen LogP contribution >= 0.6 is 0 Å². The van der Waals surface area contributed by atoms with Crippen LogP contribution in [0.4, 0.5) is 0 Å². The Balaban J connectivity index is 1.70. The highest BCUT2D eigenvalue weighted by Crippen LogP contribution is 2.65. The molecule has 0 heterocycles. The van der Waals surface area contributed by atoms with Gasteiger partial charge in [-0.15, -0.1) is 0 Å². The Morgan fingerprint density at radius 1 is 1.26 bits per heavy atom. The number of rotatable bonds is 1. The molecule has 23 heavy (non-hydrogen) atoms. The second-order valence-electron chi connectivity index (χ2n) is 8.90. The monoisotopic (exact) mass is 316 g/mol. The van der Waals surface area contributed by atoms with Gasteiger partial charge in [0.25, 0.3) is 0 Å². The van der Waals surface area contributed by atoms with Gasteiger partial charge in [0.15, 0.2) is 12.1 Å². The van der Waals surface area contributed by atoms with Gasteiger partial charge in [0, 0.05) is 11.8 Å². The predicted molar refractivity (Wildman–Crippen MR) is 87.7 cm³/mol. The molecule has 7 atom stereocenters. The minimum Gasteiger partial charge on any atom is -0.382 e. The molecular formula is C20H28O3. The third kappa shape index (κ3) is 1.98. The fraction of sp³-hybridized carbons (Fsp3) is 0.800. The van der Waals surface area contributed by atoms with E-state index in [0.717, 1.165) is 38.4 Å². The Hall–Kier alpha value is -0.960. The first kappa shape index (κ1) is 15.6. The average Bonchev–Trinajstić information content (AvgIpc) is 2.79. The lowest BCUT2D eigenvalue weighted by molar-refractivity contribution is -0.149. The molecule has 0 spiro atoms. The maximum Gasteiger partial charge on any atom is 0.155 e. The van der Waals surface area contributed by atoms with Crippen molar-refractivity contribution in [3.63, 3.8) is 0 Å². The third-order valence-corrected chi connectivity index (χ3v) is 8.05. The number of allylic oxidation sites excluding steroid dienone is 1. The van der Waals surface area contributed by atoms with Crippen molar-refractivity contribution in [2.24, 2.45) is 35.0 Å². The first-order chi connectivity index (χ1) is 10.9. The fourth-order valence-corrected chi connectivity index (χ4v) is 6.84. The predicted octanol–water partition coefficient (Wildman–Crippen LogP) is 3.30. The van der Waals surface area contributed by atoms with Gasteiger partial charge in [0.2, 0.25) is 0 Å². The molecule has 3 nitrogen and oxygen atoms in total. The van der Waals surface area contributed by atoms with Gasteiger partial charge in [0.1, 0.15) is 5.60 Å². The molecule has 0 aromatic rings. The van der Waals surface area contributed by atoms with E-state index in [1.165, 1.54) is 5.57 Å². The normalized spacial score (nSPS) is 52.2. The van der Waals surface area contributed by atoms with Crippen molar-refractivity contribution in [1.29, 1.82) is 0 Å². The lowest BCUT2D eigenvalue weighted by Gasteiger charge is -2.56. The zero-order valence-electron chi connectivity index (χ0n) is 14.3. The van der Waals surface area contributed by atoms with Crippen molar-refractivity contribution < 1.29 is 14.7 Å². The van der Waals surface area contributed by atoms with Gasteiger partial charge in [-0.25, -0.2) is 0 Å². The smallest absolute Gasteiger partial charge is 0.155 e. The molecule has 0 radical (unpaired) electrons. The van der Waals surface area contributed by atoms with Crippen molar-refractivity contribution in [3.8, 4) is 0 Å². The van der Waals surface area contributed by atoms with Gasteiger partial charge in [-0.2, -0.15) is 0 Å². The molecule has 0 aliphatic heterocycles. The molecular weight excluding hydrogens is 288 g/mol. The number of carbonyl (C=O) groups is 2. The Morgan fingerprint density at radius 3 is 2.78 bits per heavy atom. The summed E-state index contributed by atoms with van der Waals surface area (Å²) in [5, 5.41) is 10.9. The van der Waals surface area contributed by atoms with Crippen molar-refractivity contribution >= 4 is 12.1 Å². The molecule has 3 fully saturated rings. The van der Waals surface area contributed by atoms with E-state index in [-0.39, 0.29) is 5.41 Å². The van der Waals surface area contributed by atoms with Gasteiger partial charge in [-0.1, -0.05) is 19.4 Å². The van der Waals surface area contributed by atoms with Crippen LogP contribution in [0, 0.1) is 35.0 Å². The van der Waals surface area contributed by atoms with Gasteiger partial charge in [-0.05, 0) is 74.2 Å². The van der Waals surface area contributed by atoms with Crippen LogP contribution in [0.5, 0.6) is 0 Å². The van der Waals surface area contributed by atoms with E-state index in [4.69, 9.17) is 0 Å². The summed E-state index contributed by atoms with van der Waals surface area (Å²) < 4.78 is 0. The molecule has 0 aromatic carbocycles. The van der Waals surface area contributed by atoms with Crippen molar-refractivity contribution in [3.05, 3.63) is 11.6 Å². The maximum atomic E-state index is 11.8. The molecule has 0 amide bonds. The second kappa shape index (κ2) is 5.02. The molecule has 1 N–H and O–H groups in total. The topological polar surface area (TPSA) is 54.4 Å². The zero-order chi connectivity index (χ0) is 16.4. The van der Waals surface area contributed by atoms with Gasteiger partial charge >= 0.3 is 0 Å². The van der Waals surface area contributed by atoms with Crippen LogP contribution in [-0.2, 0) is 9.59 Å². The maximum absolute atomic E-state index is 11.8. The van der Waals surface area contributed by atoms with Crippen LogP contribution < -0.4 is 0 Å². The zero-order valence-corrected chi connectivity index (χ0v) is 14.3. The summed E-state index contributed by atoms with van der Waals surface area (Å²) in [4.78, 5) is 23.4. The third-order valence-electron chi connectivity index (χ3n) is 8.05. The molecule has 4 aliphatic rings. The van der Waals surface area contributed by atoms with Crippen molar-refractivity contribution in [2.45, 2.75) is 64.4 Å². The lowest BCUT2D eigenvalue weighted by Crippen LogP contribution is -2.55. The number of carbonyl (C=O) groups excluding carboxylic acids is 2. The van der Waals surface area contributed by atoms with Crippen LogP contribution in [0.2, 0.25) is 0 Å². The summed E-state index contributed by atoms with van der Waals surface area (Å²) in [5.74, 6) is 3.11. The fourth-order valence-electron chi connectivity index (χ4n) is 6.84. The lowest BCUT2D eigenvalue weighted by atomic mass is 9.48.